The van der Waals surface area contributed by atoms with Gasteiger partial charge in [0.1, 0.15) is 0 Å². The molecule has 3 saturated heterocycles. The van der Waals surface area contributed by atoms with Gasteiger partial charge in [0.25, 0.3) is 0 Å². The molecule has 154 valence electrons. The Labute approximate surface area is 168 Å². The number of nitrogens with zero attached hydrogens (tertiary/aromatic N) is 3. The van der Waals surface area contributed by atoms with Crippen LogP contribution in [0.25, 0.3) is 0 Å². The van der Waals surface area contributed by atoms with Crippen LogP contribution >= 0.6 is 0 Å². The summed E-state index contributed by atoms with van der Waals surface area (Å²) in [5.74, 6) is 1.42. The van der Waals surface area contributed by atoms with Gasteiger partial charge in [-0.2, -0.15) is 0 Å². The summed E-state index contributed by atoms with van der Waals surface area (Å²) in [6.07, 6.45) is 3.39. The van der Waals surface area contributed by atoms with Gasteiger partial charge < -0.3 is 24.8 Å². The number of piperidine rings is 1. The highest BCUT2D eigenvalue weighted by atomic mass is 16.5. The van der Waals surface area contributed by atoms with Crippen LogP contribution in [0.3, 0.4) is 0 Å². The standard InChI is InChI=1S/C22H34N4O2/c1-2-24-12-14-25(15-13-24)21-6-4-3-5-20(21)23-22(27)26-10-7-18(8-11-26)19-9-16-28-17-19/h3-6,18-19H,2,7-17H2,1H3,(H,23,27). The lowest BCUT2D eigenvalue weighted by Crippen LogP contribution is -2.46. The molecular formula is C22H34N4O2. The number of hydrogen-bond donors (Lipinski definition) is 1. The molecule has 4 rings (SSSR count). The fraction of sp³-hybridized carbons (Fsp3) is 0.682. The normalized spacial score (nSPS) is 24.5. The van der Waals surface area contributed by atoms with Crippen molar-refractivity contribution in [3.8, 4) is 0 Å². The van der Waals surface area contributed by atoms with Crippen molar-refractivity contribution in [1.82, 2.24) is 9.80 Å². The lowest BCUT2D eigenvalue weighted by Gasteiger charge is -2.37. The molecule has 0 radical (unpaired) electrons. The number of amides is 2. The van der Waals surface area contributed by atoms with E-state index in [4.69, 9.17) is 4.74 Å². The van der Waals surface area contributed by atoms with Crippen molar-refractivity contribution in [3.05, 3.63) is 24.3 Å². The molecule has 1 aromatic rings. The number of carbonyl (C=O) groups is 1. The molecule has 1 N–H and O–H groups in total. The average Bonchev–Trinajstić information content (AvgIpc) is 3.29. The van der Waals surface area contributed by atoms with E-state index in [1.54, 1.807) is 0 Å². The first-order valence-corrected chi connectivity index (χ1v) is 10.9. The quantitative estimate of drug-likeness (QED) is 0.864. The van der Waals surface area contributed by atoms with Gasteiger partial charge in [0, 0.05) is 52.5 Å². The fourth-order valence-corrected chi connectivity index (χ4v) is 4.85. The molecule has 0 aromatic heterocycles. The number of piperazine rings is 1. The summed E-state index contributed by atoms with van der Waals surface area (Å²) in [5, 5.41) is 3.19. The summed E-state index contributed by atoms with van der Waals surface area (Å²) in [6, 6.07) is 8.27. The summed E-state index contributed by atoms with van der Waals surface area (Å²) < 4.78 is 5.55. The van der Waals surface area contributed by atoms with E-state index in [9.17, 15) is 4.79 Å². The van der Waals surface area contributed by atoms with Crippen LogP contribution in [0.5, 0.6) is 0 Å². The van der Waals surface area contributed by atoms with E-state index in [-0.39, 0.29) is 6.03 Å². The minimum Gasteiger partial charge on any atom is -0.381 e. The Morgan fingerprint density at radius 2 is 1.79 bits per heavy atom. The molecular weight excluding hydrogens is 352 g/mol. The molecule has 0 saturated carbocycles. The van der Waals surface area contributed by atoms with E-state index in [1.807, 2.05) is 17.0 Å². The van der Waals surface area contributed by atoms with Crippen LogP contribution in [-0.4, -0.2) is 74.9 Å². The number of ether oxygens (including phenoxy) is 1. The number of benzene rings is 1. The Morgan fingerprint density at radius 1 is 1.04 bits per heavy atom. The molecule has 3 heterocycles. The molecule has 1 aromatic carbocycles. The Kier molecular flexibility index (Phi) is 6.37. The van der Waals surface area contributed by atoms with Gasteiger partial charge in [-0.15, -0.1) is 0 Å². The highest BCUT2D eigenvalue weighted by molar-refractivity contribution is 5.93. The van der Waals surface area contributed by atoms with Crippen LogP contribution in [-0.2, 0) is 4.74 Å². The van der Waals surface area contributed by atoms with Crippen LogP contribution in [0.15, 0.2) is 24.3 Å². The third kappa shape index (κ3) is 4.44. The van der Waals surface area contributed by atoms with E-state index < -0.39 is 0 Å². The summed E-state index contributed by atoms with van der Waals surface area (Å²) in [6.45, 7) is 11.0. The highest BCUT2D eigenvalue weighted by Gasteiger charge is 2.31. The number of hydrogen-bond acceptors (Lipinski definition) is 4. The van der Waals surface area contributed by atoms with E-state index in [0.29, 0.717) is 11.8 Å². The predicted molar refractivity (Wildman–Crippen MR) is 113 cm³/mol. The maximum absolute atomic E-state index is 12.9. The minimum absolute atomic E-state index is 0.0424. The average molecular weight is 387 g/mol. The molecule has 6 heteroatoms. The zero-order chi connectivity index (χ0) is 19.3. The van der Waals surface area contributed by atoms with Gasteiger partial charge in [0.05, 0.1) is 11.4 Å². The van der Waals surface area contributed by atoms with Crippen LogP contribution in [0.4, 0.5) is 16.2 Å². The Hall–Kier alpha value is -1.79. The number of para-hydroxylation sites is 2. The highest BCUT2D eigenvalue weighted by Crippen LogP contribution is 2.31. The minimum atomic E-state index is 0.0424. The third-order valence-corrected chi connectivity index (χ3v) is 6.76. The van der Waals surface area contributed by atoms with Gasteiger partial charge in [0.2, 0.25) is 0 Å². The van der Waals surface area contributed by atoms with Crippen molar-refractivity contribution in [3.63, 3.8) is 0 Å². The van der Waals surface area contributed by atoms with Crippen LogP contribution in [0.2, 0.25) is 0 Å². The van der Waals surface area contributed by atoms with E-state index in [1.165, 1.54) is 6.42 Å². The summed E-state index contributed by atoms with van der Waals surface area (Å²) in [7, 11) is 0. The lowest BCUT2D eigenvalue weighted by atomic mass is 9.84. The van der Waals surface area contributed by atoms with Crippen molar-refractivity contribution in [2.75, 3.05) is 69.2 Å². The van der Waals surface area contributed by atoms with E-state index in [2.05, 4.69) is 34.2 Å². The van der Waals surface area contributed by atoms with Gasteiger partial charge in [-0.1, -0.05) is 19.1 Å². The third-order valence-electron chi connectivity index (χ3n) is 6.76. The van der Waals surface area contributed by atoms with Gasteiger partial charge in [-0.25, -0.2) is 4.79 Å². The molecule has 0 spiro atoms. The molecule has 2 amide bonds. The molecule has 1 unspecified atom stereocenters. The molecule has 3 fully saturated rings. The van der Waals surface area contributed by atoms with Crippen LogP contribution in [0, 0.1) is 11.8 Å². The first-order valence-electron chi connectivity index (χ1n) is 10.9. The zero-order valence-corrected chi connectivity index (χ0v) is 17.1. The Morgan fingerprint density at radius 3 is 2.46 bits per heavy atom. The first kappa shape index (κ1) is 19.5. The van der Waals surface area contributed by atoms with Crippen molar-refractivity contribution >= 4 is 17.4 Å². The summed E-state index contributed by atoms with van der Waals surface area (Å²) in [5.41, 5.74) is 2.08. The summed E-state index contributed by atoms with van der Waals surface area (Å²) >= 11 is 0. The lowest BCUT2D eigenvalue weighted by molar-refractivity contribution is 0.136. The number of likely N-dealkylation sites (tertiary alicyclic amines) is 1. The van der Waals surface area contributed by atoms with Crippen molar-refractivity contribution in [2.24, 2.45) is 11.8 Å². The monoisotopic (exact) mass is 386 g/mol. The van der Waals surface area contributed by atoms with Gasteiger partial charge in [-0.3, -0.25) is 0 Å². The zero-order valence-electron chi connectivity index (χ0n) is 17.1. The maximum atomic E-state index is 12.9. The van der Waals surface area contributed by atoms with Crippen LogP contribution < -0.4 is 10.2 Å². The summed E-state index contributed by atoms with van der Waals surface area (Å²) in [4.78, 5) is 19.7. The Balaban J connectivity index is 1.33. The Bertz CT molecular complexity index is 646. The second-order valence-corrected chi connectivity index (χ2v) is 8.32. The van der Waals surface area contributed by atoms with Crippen LogP contribution in [0.1, 0.15) is 26.2 Å². The number of likely N-dealkylation sites (N-methyl/N-ethyl adjacent to an activating group) is 1. The molecule has 6 nitrogen and oxygen atoms in total. The first-order chi connectivity index (χ1) is 13.7. The number of anilines is 2. The second-order valence-electron chi connectivity index (χ2n) is 8.32. The smallest absolute Gasteiger partial charge is 0.321 e. The fourth-order valence-electron chi connectivity index (χ4n) is 4.85. The molecule has 28 heavy (non-hydrogen) atoms. The largest absolute Gasteiger partial charge is 0.381 e. The van der Waals surface area contributed by atoms with E-state index in [0.717, 1.165) is 83.2 Å². The second kappa shape index (κ2) is 9.14. The van der Waals surface area contributed by atoms with Gasteiger partial charge in [-0.05, 0) is 49.8 Å². The van der Waals surface area contributed by atoms with Crippen molar-refractivity contribution < 1.29 is 9.53 Å². The molecule has 0 aliphatic carbocycles. The molecule has 0 bridgehead atoms. The van der Waals surface area contributed by atoms with Gasteiger partial charge in [0.15, 0.2) is 0 Å². The molecule has 3 aliphatic heterocycles. The number of urea groups is 1. The maximum Gasteiger partial charge on any atom is 0.321 e. The number of carbonyl (C=O) groups excluding carboxylic acids is 1. The van der Waals surface area contributed by atoms with Gasteiger partial charge >= 0.3 is 6.03 Å². The van der Waals surface area contributed by atoms with Crippen molar-refractivity contribution in [2.45, 2.75) is 26.2 Å². The van der Waals surface area contributed by atoms with E-state index >= 15 is 0 Å². The SMILES string of the molecule is CCN1CCN(c2ccccc2NC(=O)N2CCC(C3CCOC3)CC2)CC1. The topological polar surface area (TPSA) is 48.0 Å². The predicted octanol–water partition coefficient (Wildman–Crippen LogP) is 3.11. The molecule has 3 aliphatic rings. The molecule has 1 atom stereocenters. The number of nitrogens with one attached hydrogen (secondary N) is 1. The number of rotatable bonds is 4. The van der Waals surface area contributed by atoms with Crippen molar-refractivity contribution in [1.29, 1.82) is 0 Å².